The lowest BCUT2D eigenvalue weighted by molar-refractivity contribution is 0.558. The molecular formula is C94H56Br2N6O6. The summed E-state index contributed by atoms with van der Waals surface area (Å²) in [5, 5.41) is 4.17. The van der Waals surface area contributed by atoms with Crippen molar-refractivity contribution in [2.75, 3.05) is 9.80 Å². The van der Waals surface area contributed by atoms with E-state index in [-0.39, 0.29) is 0 Å². The molecule has 0 bridgehead atoms. The van der Waals surface area contributed by atoms with E-state index in [1.165, 1.54) is 33.4 Å². The zero-order valence-electron chi connectivity index (χ0n) is 58.3. The van der Waals surface area contributed by atoms with Gasteiger partial charge in [0.25, 0.3) is 0 Å². The molecule has 14 aromatic carbocycles. The number of para-hydroxylation sites is 6. The van der Waals surface area contributed by atoms with Crippen LogP contribution in [0.2, 0.25) is 0 Å². The van der Waals surface area contributed by atoms with Crippen molar-refractivity contribution in [3.05, 3.63) is 344 Å². The minimum atomic E-state index is -0.882. The molecule has 20 aromatic rings. The van der Waals surface area contributed by atoms with Gasteiger partial charge in [-0.3, -0.25) is 0 Å². The van der Waals surface area contributed by atoms with Crippen LogP contribution in [0, 0.1) is 27.7 Å². The van der Waals surface area contributed by atoms with Crippen LogP contribution in [0.15, 0.2) is 302 Å². The molecule has 4 aliphatic carbocycles. The maximum Gasteiger partial charge on any atom is 0.192 e. The number of furan rings is 2. The van der Waals surface area contributed by atoms with Crippen molar-refractivity contribution in [3.8, 4) is 44.5 Å². The second-order valence-corrected chi connectivity index (χ2v) is 30.1. The molecule has 0 fully saturated rings. The highest BCUT2D eigenvalue weighted by molar-refractivity contribution is 9.11. The first-order valence-corrected chi connectivity index (χ1v) is 37.6. The molecule has 0 aliphatic heterocycles. The number of anilines is 6. The van der Waals surface area contributed by atoms with Crippen molar-refractivity contribution < 1.29 is 26.5 Å². The number of hydrogen-bond donors (Lipinski definition) is 0. The molecule has 0 saturated heterocycles. The third-order valence-electron chi connectivity index (χ3n) is 22.7. The van der Waals surface area contributed by atoms with Crippen molar-refractivity contribution in [2.24, 2.45) is 0 Å². The molecule has 12 nitrogen and oxygen atoms in total. The number of oxazole rings is 4. The fourth-order valence-electron chi connectivity index (χ4n) is 18.9. The van der Waals surface area contributed by atoms with Gasteiger partial charge >= 0.3 is 0 Å². The van der Waals surface area contributed by atoms with E-state index in [2.05, 4.69) is 284 Å². The normalized spacial score (nSPS) is 13.6. The predicted octanol–water partition coefficient (Wildman–Crippen LogP) is 26.1. The summed E-state index contributed by atoms with van der Waals surface area (Å²) in [6.45, 7) is 7.64. The molecule has 0 amide bonds. The molecule has 512 valence electrons. The van der Waals surface area contributed by atoms with E-state index in [0.717, 1.165) is 165 Å². The Balaban J connectivity index is 0.000000167. The van der Waals surface area contributed by atoms with Crippen molar-refractivity contribution >= 4 is 154 Å². The third kappa shape index (κ3) is 8.06. The van der Waals surface area contributed by atoms with E-state index in [1.807, 2.05) is 52.0 Å². The van der Waals surface area contributed by atoms with Crippen molar-refractivity contribution in [2.45, 2.75) is 38.5 Å². The Morgan fingerprint density at radius 3 is 0.926 bits per heavy atom. The smallest absolute Gasteiger partial charge is 0.192 e. The minimum Gasteiger partial charge on any atom is -0.454 e. The van der Waals surface area contributed by atoms with E-state index >= 15 is 0 Å². The van der Waals surface area contributed by atoms with Crippen molar-refractivity contribution in [1.82, 2.24) is 19.9 Å². The van der Waals surface area contributed by atoms with Gasteiger partial charge in [-0.25, -0.2) is 19.9 Å². The SMILES string of the molecule is Cc1nc2c(Br)cc3c(c2o1)-c1c(cc(Br)c2nc(C)oc12)C31c2ccccc2-c2ccccc21.Cc1nc2c(N(c3ccccc3)c3cccc4c3oc3ccccc34)cc3c(c2o1)-c1c(cc(N(c2ccccc2)c2cccc4c2oc2ccccc24)c2nc(C)oc12)C31c2ccccc2-c2ccccc21. The number of aryl methyl sites for hydroxylation is 4. The van der Waals surface area contributed by atoms with Crippen LogP contribution >= 0.6 is 31.9 Å². The van der Waals surface area contributed by atoms with E-state index < -0.39 is 10.8 Å². The lowest BCUT2D eigenvalue weighted by atomic mass is 9.70. The van der Waals surface area contributed by atoms with Gasteiger partial charge in [0.2, 0.25) is 0 Å². The fourth-order valence-corrected chi connectivity index (χ4v) is 19.9. The van der Waals surface area contributed by atoms with Crippen LogP contribution in [0.4, 0.5) is 34.1 Å². The monoisotopic (exact) mass is 1520 g/mol. The third-order valence-corrected chi connectivity index (χ3v) is 24.0. The quantitative estimate of drug-likeness (QED) is 0.157. The number of benzene rings is 14. The second-order valence-electron chi connectivity index (χ2n) is 28.4. The molecule has 0 radical (unpaired) electrons. The molecule has 0 unspecified atom stereocenters. The topological polar surface area (TPSA) is 137 Å². The van der Waals surface area contributed by atoms with Crippen LogP contribution < -0.4 is 9.80 Å². The molecule has 108 heavy (non-hydrogen) atoms. The van der Waals surface area contributed by atoms with Crippen LogP contribution in [-0.2, 0) is 10.8 Å². The van der Waals surface area contributed by atoms with Crippen molar-refractivity contribution in [3.63, 3.8) is 0 Å². The zero-order valence-corrected chi connectivity index (χ0v) is 61.5. The number of nitrogens with zero attached hydrogens (tertiary/aromatic N) is 6. The zero-order chi connectivity index (χ0) is 71.7. The Morgan fingerprint density at radius 2 is 0.556 bits per heavy atom. The Bertz CT molecular complexity index is 6890. The summed E-state index contributed by atoms with van der Waals surface area (Å²) in [7, 11) is 0. The first-order valence-electron chi connectivity index (χ1n) is 36.0. The molecule has 24 rings (SSSR count). The molecule has 14 heteroatoms. The molecule has 6 aromatic heterocycles. The summed E-state index contributed by atoms with van der Waals surface area (Å²) in [4.78, 5) is 24.6. The van der Waals surface area contributed by atoms with Gasteiger partial charge in [-0.2, -0.15) is 0 Å². The molecule has 0 saturated carbocycles. The molecule has 4 aliphatic rings. The number of hydrogen-bond acceptors (Lipinski definition) is 12. The summed E-state index contributed by atoms with van der Waals surface area (Å²) < 4.78 is 42.2. The Hall–Kier alpha value is -12.9. The minimum absolute atomic E-state index is 0.521. The maximum absolute atomic E-state index is 7.05. The predicted molar refractivity (Wildman–Crippen MR) is 434 cm³/mol. The Kier molecular flexibility index (Phi) is 12.7. The fraction of sp³-hybridized carbons (Fsp3) is 0.0638. The lowest BCUT2D eigenvalue weighted by Gasteiger charge is -2.33. The number of fused-ring (bicyclic) bond motifs is 34. The highest BCUT2D eigenvalue weighted by atomic mass is 79.9. The number of halogens is 2. The van der Waals surface area contributed by atoms with E-state index in [9.17, 15) is 0 Å². The maximum atomic E-state index is 7.05. The van der Waals surface area contributed by atoms with Gasteiger partial charge in [0.05, 0.1) is 33.6 Å². The van der Waals surface area contributed by atoms with E-state index in [0.29, 0.717) is 45.8 Å². The summed E-state index contributed by atoms with van der Waals surface area (Å²) in [6, 6.07) is 94.6. The largest absolute Gasteiger partial charge is 0.454 e. The van der Waals surface area contributed by atoms with Crippen LogP contribution in [0.3, 0.4) is 0 Å². The molecule has 6 heterocycles. The first kappa shape index (κ1) is 61.4. The Labute approximate surface area is 633 Å². The molecule has 2 spiro atoms. The summed E-state index contributed by atoms with van der Waals surface area (Å²) >= 11 is 7.64. The highest BCUT2D eigenvalue weighted by Gasteiger charge is 2.57. The first-order chi connectivity index (χ1) is 53.0. The van der Waals surface area contributed by atoms with Gasteiger partial charge in [-0.05, 0) is 171 Å². The average molecular weight is 1530 g/mol. The van der Waals surface area contributed by atoms with Crippen LogP contribution in [0.1, 0.15) is 68.1 Å². The van der Waals surface area contributed by atoms with Gasteiger partial charge in [-0.1, -0.05) is 194 Å². The molecule has 0 N–H and O–H groups in total. The van der Waals surface area contributed by atoms with E-state index in [1.54, 1.807) is 0 Å². The van der Waals surface area contributed by atoms with Crippen LogP contribution in [0.25, 0.3) is 133 Å². The number of aromatic nitrogens is 4. The summed E-state index contributed by atoms with van der Waals surface area (Å²) in [6.07, 6.45) is 0. The molecular weight excluding hydrogens is 1470 g/mol. The van der Waals surface area contributed by atoms with Gasteiger partial charge in [0.15, 0.2) is 57.1 Å². The summed E-state index contributed by atoms with van der Waals surface area (Å²) in [5.41, 5.74) is 31.1. The van der Waals surface area contributed by atoms with Gasteiger partial charge in [0.1, 0.15) is 33.2 Å². The van der Waals surface area contributed by atoms with Gasteiger partial charge in [-0.15, -0.1) is 0 Å². The van der Waals surface area contributed by atoms with Gasteiger partial charge in [0, 0.05) is 91.8 Å². The Morgan fingerprint density at radius 1 is 0.259 bits per heavy atom. The summed E-state index contributed by atoms with van der Waals surface area (Å²) in [5.74, 6) is 2.35. The van der Waals surface area contributed by atoms with E-state index in [4.69, 9.17) is 46.4 Å². The van der Waals surface area contributed by atoms with Crippen LogP contribution in [-0.4, -0.2) is 19.9 Å². The molecule has 0 atom stereocenters. The van der Waals surface area contributed by atoms with Crippen LogP contribution in [0.5, 0.6) is 0 Å². The standard InChI is InChI=1S/C65H40N4O4.C29H16Br2N2O2/c1-37-66-59-53(68(39-19-5-3-6-20-39)51-31-17-27-45-43-25-11-15-33-55(43)72-61(45)51)35-49-57(63(59)70-37)58-50(65(49)47-29-13-9-23-41(47)42-24-10-14-30-48(42)65)36-54(60-64(58)71-38(2)67-60)69(40-21-7-4-8-22-40)52-32-18-28-46-44-26-12-16-34-56(44)73-62(46)52;1-13-32-25-21(30)11-19-23(27(25)34-13)24-20(12-22(31)26-28(24)35-14(2)33-26)29(19)17-9-5-3-7-15(17)16-8-4-6-10-18(16)29/h3-36H,1-2H3;3-12H,1-2H3. The lowest BCUT2D eigenvalue weighted by Crippen LogP contribution is -2.26. The number of rotatable bonds is 6. The highest BCUT2D eigenvalue weighted by Crippen LogP contribution is 2.69. The second kappa shape index (κ2) is 22.3. The average Bonchev–Trinajstić information content (AvgIpc) is 1.50. The van der Waals surface area contributed by atoms with Crippen molar-refractivity contribution in [1.29, 1.82) is 0 Å². The van der Waals surface area contributed by atoms with Gasteiger partial charge < -0.3 is 36.3 Å².